The Hall–Kier alpha value is -1.13. The van der Waals surface area contributed by atoms with Crippen LogP contribution in [0.25, 0.3) is 0 Å². The molecule has 0 aromatic heterocycles. The first kappa shape index (κ1) is 11.9. The second-order valence-corrected chi connectivity index (χ2v) is 3.36. The summed E-state index contributed by atoms with van der Waals surface area (Å²) < 4.78 is 18.4. The minimum Gasteiger partial charge on any atom is -0.383 e. The lowest BCUT2D eigenvalue weighted by Crippen LogP contribution is -2.24. The molecular weight excluding hydrogens is 195 g/mol. The standard InChI is InChI=1S/C11H17FN2O/c1-14(6-7-15-2)11-5-3-4-10(12)9(11)8-13/h3-5H,6-8,13H2,1-2H3. The number of benzene rings is 1. The molecule has 0 aliphatic carbocycles. The van der Waals surface area contributed by atoms with Gasteiger partial charge in [-0.3, -0.25) is 0 Å². The Kier molecular flexibility index (Phi) is 4.52. The number of hydrogen-bond donors (Lipinski definition) is 1. The molecule has 3 nitrogen and oxygen atoms in total. The Morgan fingerprint density at radius 2 is 2.20 bits per heavy atom. The first-order valence-corrected chi connectivity index (χ1v) is 4.88. The highest BCUT2D eigenvalue weighted by Gasteiger charge is 2.09. The van der Waals surface area contributed by atoms with Crippen LogP contribution in [0.1, 0.15) is 5.56 Å². The molecule has 15 heavy (non-hydrogen) atoms. The number of likely N-dealkylation sites (N-methyl/N-ethyl adjacent to an activating group) is 1. The SMILES string of the molecule is COCCN(C)c1cccc(F)c1CN. The molecular formula is C11H17FN2O. The largest absolute Gasteiger partial charge is 0.383 e. The first-order valence-electron chi connectivity index (χ1n) is 4.88. The minimum absolute atomic E-state index is 0.208. The van der Waals surface area contributed by atoms with Crippen molar-refractivity contribution in [3.8, 4) is 0 Å². The average Bonchev–Trinajstić information content (AvgIpc) is 2.25. The van der Waals surface area contributed by atoms with Crippen molar-refractivity contribution in [2.75, 3.05) is 32.2 Å². The van der Waals surface area contributed by atoms with Crippen molar-refractivity contribution in [1.29, 1.82) is 0 Å². The van der Waals surface area contributed by atoms with Gasteiger partial charge in [-0.1, -0.05) is 6.07 Å². The van der Waals surface area contributed by atoms with Crippen LogP contribution in [0.2, 0.25) is 0 Å². The molecule has 0 unspecified atom stereocenters. The van der Waals surface area contributed by atoms with Crippen molar-refractivity contribution >= 4 is 5.69 Å². The van der Waals surface area contributed by atoms with Gasteiger partial charge in [0, 0.05) is 38.5 Å². The molecule has 0 heterocycles. The van der Waals surface area contributed by atoms with E-state index in [1.807, 2.05) is 18.0 Å². The topological polar surface area (TPSA) is 38.5 Å². The smallest absolute Gasteiger partial charge is 0.129 e. The quantitative estimate of drug-likeness (QED) is 0.801. The van der Waals surface area contributed by atoms with E-state index >= 15 is 0 Å². The summed E-state index contributed by atoms with van der Waals surface area (Å²) in [7, 11) is 3.54. The number of methoxy groups -OCH3 is 1. The van der Waals surface area contributed by atoms with Gasteiger partial charge in [-0.25, -0.2) is 4.39 Å². The molecule has 0 bridgehead atoms. The highest BCUT2D eigenvalue weighted by atomic mass is 19.1. The number of ether oxygens (including phenoxy) is 1. The summed E-state index contributed by atoms with van der Waals surface area (Å²) in [4.78, 5) is 1.94. The highest BCUT2D eigenvalue weighted by molar-refractivity contribution is 5.53. The molecule has 0 radical (unpaired) electrons. The van der Waals surface area contributed by atoms with Crippen LogP contribution in [-0.2, 0) is 11.3 Å². The van der Waals surface area contributed by atoms with Gasteiger partial charge < -0.3 is 15.4 Å². The van der Waals surface area contributed by atoms with E-state index in [-0.39, 0.29) is 12.4 Å². The van der Waals surface area contributed by atoms with Crippen LogP contribution >= 0.6 is 0 Å². The summed E-state index contributed by atoms with van der Waals surface area (Å²) in [5.41, 5.74) is 6.90. The van der Waals surface area contributed by atoms with Crippen molar-refractivity contribution in [2.45, 2.75) is 6.54 Å². The highest BCUT2D eigenvalue weighted by Crippen LogP contribution is 2.21. The maximum absolute atomic E-state index is 13.4. The molecule has 1 aromatic rings. The molecule has 0 amide bonds. The summed E-state index contributed by atoms with van der Waals surface area (Å²) >= 11 is 0. The van der Waals surface area contributed by atoms with Crippen molar-refractivity contribution in [3.63, 3.8) is 0 Å². The van der Waals surface area contributed by atoms with Crippen LogP contribution in [0.3, 0.4) is 0 Å². The number of hydrogen-bond acceptors (Lipinski definition) is 3. The van der Waals surface area contributed by atoms with E-state index in [2.05, 4.69) is 0 Å². The molecule has 0 atom stereocenters. The molecule has 0 aliphatic rings. The Labute approximate surface area is 89.6 Å². The molecule has 0 saturated heterocycles. The molecule has 0 saturated carbocycles. The molecule has 4 heteroatoms. The second-order valence-electron chi connectivity index (χ2n) is 3.36. The predicted octanol–water partition coefficient (Wildman–Crippen LogP) is 1.37. The molecule has 0 spiro atoms. The van der Waals surface area contributed by atoms with Crippen molar-refractivity contribution in [3.05, 3.63) is 29.6 Å². The number of anilines is 1. The monoisotopic (exact) mass is 212 g/mol. The Bertz CT molecular complexity index is 317. The van der Waals surface area contributed by atoms with E-state index in [4.69, 9.17) is 10.5 Å². The maximum atomic E-state index is 13.4. The van der Waals surface area contributed by atoms with Gasteiger partial charge in [0.1, 0.15) is 5.82 Å². The molecule has 84 valence electrons. The van der Waals surface area contributed by atoms with E-state index in [9.17, 15) is 4.39 Å². The molecule has 1 aromatic carbocycles. The zero-order chi connectivity index (χ0) is 11.3. The van der Waals surface area contributed by atoms with E-state index < -0.39 is 0 Å². The zero-order valence-electron chi connectivity index (χ0n) is 9.16. The summed E-state index contributed by atoms with van der Waals surface area (Å²) in [6, 6.07) is 4.98. The van der Waals surface area contributed by atoms with Crippen molar-refractivity contribution in [2.24, 2.45) is 5.73 Å². The summed E-state index contributed by atoms with van der Waals surface area (Å²) in [6.45, 7) is 1.53. The predicted molar refractivity (Wildman–Crippen MR) is 59.4 cm³/mol. The summed E-state index contributed by atoms with van der Waals surface area (Å²) in [6.07, 6.45) is 0. The third-order valence-corrected chi connectivity index (χ3v) is 2.34. The fourth-order valence-corrected chi connectivity index (χ4v) is 1.46. The first-order chi connectivity index (χ1) is 7.20. The zero-order valence-corrected chi connectivity index (χ0v) is 9.16. The number of rotatable bonds is 5. The van der Waals surface area contributed by atoms with Gasteiger partial charge in [0.05, 0.1) is 6.61 Å². The fraction of sp³-hybridized carbons (Fsp3) is 0.455. The minimum atomic E-state index is -0.251. The van der Waals surface area contributed by atoms with Crippen LogP contribution in [0.4, 0.5) is 10.1 Å². The van der Waals surface area contributed by atoms with Gasteiger partial charge in [0.15, 0.2) is 0 Å². The van der Waals surface area contributed by atoms with Crippen LogP contribution in [-0.4, -0.2) is 27.3 Å². The fourth-order valence-electron chi connectivity index (χ4n) is 1.46. The van der Waals surface area contributed by atoms with Crippen molar-refractivity contribution < 1.29 is 9.13 Å². The van der Waals surface area contributed by atoms with E-state index in [1.54, 1.807) is 13.2 Å². The van der Waals surface area contributed by atoms with Gasteiger partial charge in [-0.15, -0.1) is 0 Å². The summed E-state index contributed by atoms with van der Waals surface area (Å²) in [5.74, 6) is -0.251. The normalized spacial score (nSPS) is 10.4. The summed E-state index contributed by atoms with van der Waals surface area (Å²) in [5, 5.41) is 0. The van der Waals surface area contributed by atoms with Gasteiger partial charge in [0.25, 0.3) is 0 Å². The maximum Gasteiger partial charge on any atom is 0.129 e. The van der Waals surface area contributed by atoms with Gasteiger partial charge in [-0.05, 0) is 12.1 Å². The van der Waals surface area contributed by atoms with Crippen LogP contribution in [0, 0.1) is 5.82 Å². The van der Waals surface area contributed by atoms with Crippen LogP contribution < -0.4 is 10.6 Å². The van der Waals surface area contributed by atoms with Crippen molar-refractivity contribution in [1.82, 2.24) is 0 Å². The van der Waals surface area contributed by atoms with Crippen LogP contribution in [0.5, 0.6) is 0 Å². The molecule has 1 rings (SSSR count). The lowest BCUT2D eigenvalue weighted by Gasteiger charge is -2.21. The Morgan fingerprint density at radius 1 is 1.47 bits per heavy atom. The molecule has 2 N–H and O–H groups in total. The Balaban J connectivity index is 2.87. The molecule has 0 fully saturated rings. The number of nitrogens with two attached hydrogens (primary N) is 1. The van der Waals surface area contributed by atoms with Gasteiger partial charge in [-0.2, -0.15) is 0 Å². The van der Waals surface area contributed by atoms with Crippen LogP contribution in [0.15, 0.2) is 18.2 Å². The van der Waals surface area contributed by atoms with Gasteiger partial charge >= 0.3 is 0 Å². The van der Waals surface area contributed by atoms with E-state index in [1.165, 1.54) is 6.07 Å². The van der Waals surface area contributed by atoms with E-state index in [0.29, 0.717) is 18.7 Å². The Morgan fingerprint density at radius 3 is 2.80 bits per heavy atom. The third kappa shape index (κ3) is 2.91. The lowest BCUT2D eigenvalue weighted by atomic mass is 10.1. The second kappa shape index (κ2) is 5.68. The number of halogens is 1. The lowest BCUT2D eigenvalue weighted by molar-refractivity contribution is 0.206. The molecule has 0 aliphatic heterocycles. The van der Waals surface area contributed by atoms with Gasteiger partial charge in [0.2, 0.25) is 0 Å². The van der Waals surface area contributed by atoms with E-state index in [0.717, 1.165) is 5.69 Å². The number of nitrogens with zero attached hydrogens (tertiary/aromatic N) is 1. The average molecular weight is 212 g/mol. The third-order valence-electron chi connectivity index (χ3n) is 2.34.